The van der Waals surface area contributed by atoms with Crippen molar-refractivity contribution in [1.29, 1.82) is 0 Å². The number of aliphatic carboxylic acids is 2. The van der Waals surface area contributed by atoms with Crippen molar-refractivity contribution >= 4 is 11.9 Å². The molecule has 0 heterocycles. The lowest BCUT2D eigenvalue weighted by atomic mass is 9.90. The standard InChI is InChI=1S/C10H18O4/c1-7(2)8(10(13)14)5-3-4-6-9(11)12/h7-8H,3-6H2,1-2H3,(H,11,12)(H,13,14)/t8-/m1/s1. The van der Waals surface area contributed by atoms with Gasteiger partial charge in [-0.2, -0.15) is 0 Å². The number of hydrogen-bond donors (Lipinski definition) is 2. The van der Waals surface area contributed by atoms with E-state index in [9.17, 15) is 9.59 Å². The summed E-state index contributed by atoms with van der Waals surface area (Å²) in [5.41, 5.74) is 0. The van der Waals surface area contributed by atoms with Crippen LogP contribution in [0.5, 0.6) is 0 Å². The van der Waals surface area contributed by atoms with Gasteiger partial charge in [0.2, 0.25) is 0 Å². The van der Waals surface area contributed by atoms with Gasteiger partial charge in [-0.3, -0.25) is 9.59 Å². The van der Waals surface area contributed by atoms with E-state index in [0.717, 1.165) is 0 Å². The van der Waals surface area contributed by atoms with Crippen LogP contribution in [0.1, 0.15) is 39.5 Å². The van der Waals surface area contributed by atoms with Gasteiger partial charge in [-0.1, -0.05) is 20.3 Å². The average Bonchev–Trinajstić information content (AvgIpc) is 2.01. The second-order valence-corrected chi connectivity index (χ2v) is 3.83. The van der Waals surface area contributed by atoms with Crippen molar-refractivity contribution in [2.75, 3.05) is 0 Å². The molecule has 4 nitrogen and oxygen atoms in total. The summed E-state index contributed by atoms with van der Waals surface area (Å²) >= 11 is 0. The van der Waals surface area contributed by atoms with Gasteiger partial charge in [-0.15, -0.1) is 0 Å². The Morgan fingerprint density at radius 2 is 1.71 bits per heavy atom. The van der Waals surface area contributed by atoms with Gasteiger partial charge < -0.3 is 10.2 Å². The summed E-state index contributed by atoms with van der Waals surface area (Å²) in [6, 6.07) is 0. The summed E-state index contributed by atoms with van der Waals surface area (Å²) in [5, 5.41) is 17.2. The maximum atomic E-state index is 10.8. The molecule has 0 saturated carbocycles. The number of carboxylic acid groups (broad SMARTS) is 2. The summed E-state index contributed by atoms with van der Waals surface area (Å²) in [6.07, 6.45) is 1.93. The Morgan fingerprint density at radius 3 is 2.07 bits per heavy atom. The van der Waals surface area contributed by atoms with Gasteiger partial charge in [0, 0.05) is 6.42 Å². The van der Waals surface area contributed by atoms with Gasteiger partial charge in [0.05, 0.1) is 5.92 Å². The molecule has 0 amide bonds. The van der Waals surface area contributed by atoms with Crippen LogP contribution >= 0.6 is 0 Å². The third-order valence-electron chi connectivity index (χ3n) is 2.28. The maximum absolute atomic E-state index is 10.8. The molecule has 82 valence electrons. The highest BCUT2D eigenvalue weighted by molar-refractivity contribution is 5.70. The molecule has 0 aromatic heterocycles. The van der Waals surface area contributed by atoms with E-state index < -0.39 is 11.9 Å². The van der Waals surface area contributed by atoms with Crippen molar-refractivity contribution in [3.05, 3.63) is 0 Å². The fraction of sp³-hybridized carbons (Fsp3) is 0.800. The maximum Gasteiger partial charge on any atom is 0.306 e. The van der Waals surface area contributed by atoms with E-state index in [1.165, 1.54) is 0 Å². The minimum Gasteiger partial charge on any atom is -0.481 e. The summed E-state index contributed by atoms with van der Waals surface area (Å²) in [6.45, 7) is 3.74. The van der Waals surface area contributed by atoms with Gasteiger partial charge in [0.1, 0.15) is 0 Å². The van der Waals surface area contributed by atoms with E-state index in [4.69, 9.17) is 10.2 Å². The molecule has 0 bridgehead atoms. The molecule has 0 aliphatic carbocycles. The van der Waals surface area contributed by atoms with E-state index in [1.807, 2.05) is 13.8 Å². The lowest BCUT2D eigenvalue weighted by Gasteiger charge is -2.15. The number of unbranched alkanes of at least 4 members (excludes halogenated alkanes) is 1. The van der Waals surface area contributed by atoms with Crippen molar-refractivity contribution in [1.82, 2.24) is 0 Å². The van der Waals surface area contributed by atoms with Crippen molar-refractivity contribution < 1.29 is 19.8 Å². The van der Waals surface area contributed by atoms with Gasteiger partial charge in [0.15, 0.2) is 0 Å². The first-order valence-corrected chi connectivity index (χ1v) is 4.89. The topological polar surface area (TPSA) is 74.6 Å². The molecule has 0 aliphatic heterocycles. The summed E-state index contributed by atoms with van der Waals surface area (Å²) in [7, 11) is 0. The first-order chi connectivity index (χ1) is 6.45. The van der Waals surface area contributed by atoms with Crippen LogP contribution in [0.25, 0.3) is 0 Å². The summed E-state index contributed by atoms with van der Waals surface area (Å²) in [5.74, 6) is -1.84. The lowest BCUT2D eigenvalue weighted by Crippen LogP contribution is -2.19. The van der Waals surface area contributed by atoms with Crippen molar-refractivity contribution in [2.45, 2.75) is 39.5 Å². The highest BCUT2D eigenvalue weighted by Gasteiger charge is 2.20. The fourth-order valence-corrected chi connectivity index (χ4v) is 1.38. The van der Waals surface area contributed by atoms with E-state index >= 15 is 0 Å². The third-order valence-corrected chi connectivity index (χ3v) is 2.28. The summed E-state index contributed by atoms with van der Waals surface area (Å²) in [4.78, 5) is 20.9. The zero-order valence-electron chi connectivity index (χ0n) is 8.69. The van der Waals surface area contributed by atoms with Crippen LogP contribution in [0.4, 0.5) is 0 Å². The van der Waals surface area contributed by atoms with Crippen molar-refractivity contribution in [3.8, 4) is 0 Å². The molecule has 0 aromatic carbocycles. The molecule has 0 radical (unpaired) electrons. The Labute approximate surface area is 83.9 Å². The van der Waals surface area contributed by atoms with Crippen LogP contribution in [0.2, 0.25) is 0 Å². The minimum absolute atomic E-state index is 0.109. The number of hydrogen-bond acceptors (Lipinski definition) is 2. The number of carboxylic acids is 2. The van der Waals surface area contributed by atoms with Crippen LogP contribution in [-0.2, 0) is 9.59 Å². The third kappa shape index (κ3) is 5.56. The second kappa shape index (κ2) is 6.40. The molecule has 0 fully saturated rings. The quantitative estimate of drug-likeness (QED) is 0.619. The van der Waals surface area contributed by atoms with Gasteiger partial charge in [-0.25, -0.2) is 0 Å². The smallest absolute Gasteiger partial charge is 0.306 e. The van der Waals surface area contributed by atoms with Crippen molar-refractivity contribution in [2.24, 2.45) is 11.8 Å². The Balaban J connectivity index is 3.73. The summed E-state index contributed by atoms with van der Waals surface area (Å²) < 4.78 is 0. The normalized spacial score (nSPS) is 12.8. The lowest BCUT2D eigenvalue weighted by molar-refractivity contribution is -0.143. The molecule has 2 N–H and O–H groups in total. The zero-order valence-corrected chi connectivity index (χ0v) is 8.69. The molecular weight excluding hydrogens is 184 g/mol. The molecule has 0 unspecified atom stereocenters. The van der Waals surface area contributed by atoms with E-state index in [-0.39, 0.29) is 18.3 Å². The first kappa shape index (κ1) is 12.9. The number of carbonyl (C=O) groups is 2. The zero-order chi connectivity index (χ0) is 11.1. The molecule has 0 spiro atoms. The van der Waals surface area contributed by atoms with Crippen LogP contribution in [-0.4, -0.2) is 22.2 Å². The highest BCUT2D eigenvalue weighted by Crippen LogP contribution is 2.18. The molecular formula is C10H18O4. The largest absolute Gasteiger partial charge is 0.481 e. The molecule has 1 atom stereocenters. The minimum atomic E-state index is -0.818. The van der Waals surface area contributed by atoms with E-state index in [2.05, 4.69) is 0 Å². The van der Waals surface area contributed by atoms with Gasteiger partial charge in [-0.05, 0) is 18.8 Å². The van der Waals surface area contributed by atoms with Gasteiger partial charge in [0.25, 0.3) is 0 Å². The van der Waals surface area contributed by atoms with E-state index in [1.54, 1.807) is 0 Å². The predicted octanol–water partition coefficient (Wildman–Crippen LogP) is 1.99. The fourth-order valence-electron chi connectivity index (χ4n) is 1.38. The number of rotatable bonds is 7. The Morgan fingerprint density at radius 1 is 1.14 bits per heavy atom. The monoisotopic (exact) mass is 202 g/mol. The van der Waals surface area contributed by atoms with Crippen LogP contribution in [0.15, 0.2) is 0 Å². The van der Waals surface area contributed by atoms with Gasteiger partial charge >= 0.3 is 11.9 Å². The van der Waals surface area contributed by atoms with Crippen LogP contribution in [0, 0.1) is 11.8 Å². The molecule has 0 saturated heterocycles. The Hall–Kier alpha value is -1.06. The molecule has 0 aliphatic rings. The SMILES string of the molecule is CC(C)[C@@H](CCCCC(=O)O)C(=O)O. The highest BCUT2D eigenvalue weighted by atomic mass is 16.4. The van der Waals surface area contributed by atoms with Crippen LogP contribution in [0.3, 0.4) is 0 Å². The van der Waals surface area contributed by atoms with E-state index in [0.29, 0.717) is 19.3 Å². The Kier molecular flexibility index (Phi) is 5.92. The van der Waals surface area contributed by atoms with Crippen LogP contribution < -0.4 is 0 Å². The molecule has 4 heteroatoms. The Bertz CT molecular complexity index is 198. The van der Waals surface area contributed by atoms with Crippen molar-refractivity contribution in [3.63, 3.8) is 0 Å². The molecule has 0 aromatic rings. The average molecular weight is 202 g/mol. The predicted molar refractivity (Wildman–Crippen MR) is 52.1 cm³/mol. The first-order valence-electron chi connectivity index (χ1n) is 4.89. The second-order valence-electron chi connectivity index (χ2n) is 3.83. The molecule has 0 rings (SSSR count). The molecule has 14 heavy (non-hydrogen) atoms.